The van der Waals surface area contributed by atoms with E-state index in [0.29, 0.717) is 6.04 Å². The van der Waals surface area contributed by atoms with Crippen molar-refractivity contribution < 1.29 is 0 Å². The molecule has 1 atom stereocenters. The van der Waals surface area contributed by atoms with Crippen molar-refractivity contribution >= 4 is 11.3 Å². The Bertz CT molecular complexity index is 458. The molecule has 0 aliphatic heterocycles. The number of thiazole rings is 1. The lowest BCUT2D eigenvalue weighted by atomic mass is 10.3. The molecule has 0 aromatic carbocycles. The van der Waals surface area contributed by atoms with Crippen LogP contribution >= 0.6 is 11.3 Å². The van der Waals surface area contributed by atoms with Crippen LogP contribution in [-0.2, 0) is 13.6 Å². The Morgan fingerprint density at radius 3 is 2.94 bits per heavy atom. The number of aromatic nitrogens is 2. The zero-order chi connectivity index (χ0) is 11.5. The molecule has 2 aromatic heterocycles. The Hall–Kier alpha value is -1.13. The number of hydrogen-bond donors (Lipinski definition) is 1. The third-order valence-electron chi connectivity index (χ3n) is 2.51. The highest BCUT2D eigenvalue weighted by Crippen LogP contribution is 2.17. The van der Waals surface area contributed by atoms with Gasteiger partial charge in [0.15, 0.2) is 0 Å². The Balaban J connectivity index is 1.91. The van der Waals surface area contributed by atoms with Crippen LogP contribution < -0.4 is 5.32 Å². The molecule has 0 bridgehead atoms. The van der Waals surface area contributed by atoms with Crippen LogP contribution in [-0.4, -0.2) is 9.55 Å². The van der Waals surface area contributed by atoms with Crippen LogP contribution in [0.25, 0.3) is 0 Å². The second kappa shape index (κ2) is 4.80. The highest BCUT2D eigenvalue weighted by molar-refractivity contribution is 7.09. The third kappa shape index (κ3) is 2.71. The number of rotatable bonds is 4. The van der Waals surface area contributed by atoms with Gasteiger partial charge in [-0.15, -0.1) is 11.3 Å². The molecule has 0 aliphatic rings. The maximum atomic E-state index is 4.48. The van der Waals surface area contributed by atoms with E-state index in [9.17, 15) is 0 Å². The van der Waals surface area contributed by atoms with E-state index < -0.39 is 0 Å². The summed E-state index contributed by atoms with van der Waals surface area (Å²) in [6.07, 6.45) is 4.20. The number of nitrogens with zero attached hydrogens (tertiary/aromatic N) is 2. The molecule has 0 amide bonds. The van der Waals surface area contributed by atoms with Gasteiger partial charge in [-0.1, -0.05) is 0 Å². The van der Waals surface area contributed by atoms with E-state index in [-0.39, 0.29) is 0 Å². The first-order chi connectivity index (χ1) is 7.65. The van der Waals surface area contributed by atoms with Gasteiger partial charge in [0.05, 0.1) is 6.04 Å². The molecule has 1 N–H and O–H groups in total. The zero-order valence-corrected chi connectivity index (χ0v) is 10.7. The Morgan fingerprint density at radius 1 is 1.56 bits per heavy atom. The normalized spacial score (nSPS) is 12.9. The SMILES string of the molecule is Cc1csc(C(C)NCc2ccn(C)c2)n1. The fraction of sp³-hybridized carbons (Fsp3) is 0.417. The number of hydrogen-bond acceptors (Lipinski definition) is 3. The molecule has 3 nitrogen and oxygen atoms in total. The summed E-state index contributed by atoms with van der Waals surface area (Å²) >= 11 is 1.72. The minimum absolute atomic E-state index is 0.318. The molecule has 0 saturated carbocycles. The van der Waals surface area contributed by atoms with Crippen molar-refractivity contribution in [3.63, 3.8) is 0 Å². The summed E-state index contributed by atoms with van der Waals surface area (Å²) in [5, 5.41) is 6.73. The monoisotopic (exact) mass is 235 g/mol. The van der Waals surface area contributed by atoms with Crippen LogP contribution in [0.5, 0.6) is 0 Å². The molecular weight excluding hydrogens is 218 g/mol. The van der Waals surface area contributed by atoms with E-state index in [1.54, 1.807) is 11.3 Å². The first kappa shape index (κ1) is 11.4. The van der Waals surface area contributed by atoms with Crippen LogP contribution in [0.15, 0.2) is 23.8 Å². The molecule has 0 saturated heterocycles. The van der Waals surface area contributed by atoms with Gasteiger partial charge in [0, 0.05) is 37.1 Å². The van der Waals surface area contributed by atoms with Crippen LogP contribution in [0, 0.1) is 6.92 Å². The zero-order valence-electron chi connectivity index (χ0n) is 9.90. The fourth-order valence-corrected chi connectivity index (χ4v) is 2.42. The second-order valence-electron chi connectivity index (χ2n) is 4.11. The molecule has 16 heavy (non-hydrogen) atoms. The van der Waals surface area contributed by atoms with E-state index in [0.717, 1.165) is 17.2 Å². The Labute approximate surface area is 100 Å². The lowest BCUT2D eigenvalue weighted by Gasteiger charge is -2.09. The van der Waals surface area contributed by atoms with Crippen molar-refractivity contribution in [2.45, 2.75) is 26.4 Å². The van der Waals surface area contributed by atoms with Gasteiger partial charge >= 0.3 is 0 Å². The summed E-state index contributed by atoms with van der Waals surface area (Å²) in [5.74, 6) is 0. The van der Waals surface area contributed by atoms with Crippen molar-refractivity contribution in [3.8, 4) is 0 Å². The largest absolute Gasteiger partial charge is 0.357 e. The topological polar surface area (TPSA) is 29.9 Å². The molecule has 1 unspecified atom stereocenters. The number of aryl methyl sites for hydroxylation is 2. The molecule has 0 radical (unpaired) electrons. The lowest BCUT2D eigenvalue weighted by molar-refractivity contribution is 0.571. The minimum Gasteiger partial charge on any atom is -0.357 e. The van der Waals surface area contributed by atoms with Gasteiger partial charge in [-0.25, -0.2) is 4.98 Å². The average molecular weight is 235 g/mol. The number of nitrogens with one attached hydrogen (secondary N) is 1. The maximum Gasteiger partial charge on any atom is 0.110 e. The van der Waals surface area contributed by atoms with E-state index in [1.165, 1.54) is 5.56 Å². The van der Waals surface area contributed by atoms with Gasteiger partial charge in [0.1, 0.15) is 5.01 Å². The summed E-state index contributed by atoms with van der Waals surface area (Å²) in [4.78, 5) is 4.48. The first-order valence-electron chi connectivity index (χ1n) is 5.41. The molecule has 0 aliphatic carbocycles. The summed E-state index contributed by atoms with van der Waals surface area (Å²) in [6.45, 7) is 5.08. The van der Waals surface area contributed by atoms with Gasteiger partial charge in [-0.3, -0.25) is 0 Å². The highest BCUT2D eigenvalue weighted by Gasteiger charge is 2.08. The van der Waals surface area contributed by atoms with E-state index in [4.69, 9.17) is 0 Å². The summed E-state index contributed by atoms with van der Waals surface area (Å²) in [7, 11) is 2.04. The van der Waals surface area contributed by atoms with Crippen molar-refractivity contribution in [2.75, 3.05) is 0 Å². The van der Waals surface area contributed by atoms with Gasteiger partial charge in [0.2, 0.25) is 0 Å². The van der Waals surface area contributed by atoms with Crippen molar-refractivity contribution in [3.05, 3.63) is 40.1 Å². The van der Waals surface area contributed by atoms with E-state index in [2.05, 4.69) is 45.6 Å². The summed E-state index contributed by atoms with van der Waals surface area (Å²) in [6, 6.07) is 2.45. The first-order valence-corrected chi connectivity index (χ1v) is 6.29. The minimum atomic E-state index is 0.318. The lowest BCUT2D eigenvalue weighted by Crippen LogP contribution is -2.17. The molecule has 86 valence electrons. The van der Waals surface area contributed by atoms with E-state index in [1.807, 2.05) is 14.0 Å². The van der Waals surface area contributed by atoms with Crippen molar-refractivity contribution in [1.29, 1.82) is 0 Å². The third-order valence-corrected chi connectivity index (χ3v) is 3.66. The Kier molecular flexibility index (Phi) is 3.41. The van der Waals surface area contributed by atoms with Crippen molar-refractivity contribution in [1.82, 2.24) is 14.9 Å². The molecule has 2 aromatic rings. The van der Waals surface area contributed by atoms with Crippen molar-refractivity contribution in [2.24, 2.45) is 7.05 Å². The van der Waals surface area contributed by atoms with Crippen LogP contribution in [0.4, 0.5) is 0 Å². The Morgan fingerprint density at radius 2 is 2.38 bits per heavy atom. The molecule has 4 heteroatoms. The second-order valence-corrected chi connectivity index (χ2v) is 5.00. The molecule has 0 fully saturated rings. The fourth-order valence-electron chi connectivity index (χ4n) is 1.59. The molecule has 2 rings (SSSR count). The average Bonchev–Trinajstić information content (AvgIpc) is 2.84. The van der Waals surface area contributed by atoms with Gasteiger partial charge in [-0.05, 0) is 25.5 Å². The smallest absolute Gasteiger partial charge is 0.110 e. The standard InChI is InChI=1S/C12H17N3S/c1-9-8-16-12(14-9)10(2)13-6-11-4-5-15(3)7-11/h4-5,7-8,10,13H,6H2,1-3H3. The van der Waals surface area contributed by atoms with E-state index >= 15 is 0 Å². The summed E-state index contributed by atoms with van der Waals surface area (Å²) < 4.78 is 2.06. The molecule has 2 heterocycles. The predicted molar refractivity (Wildman–Crippen MR) is 67.5 cm³/mol. The highest BCUT2D eigenvalue weighted by atomic mass is 32.1. The quantitative estimate of drug-likeness (QED) is 0.883. The van der Waals surface area contributed by atoms with Gasteiger partial charge in [0.25, 0.3) is 0 Å². The molecule has 0 spiro atoms. The van der Waals surface area contributed by atoms with Crippen LogP contribution in [0.2, 0.25) is 0 Å². The van der Waals surface area contributed by atoms with Crippen LogP contribution in [0.3, 0.4) is 0 Å². The van der Waals surface area contributed by atoms with Gasteiger partial charge in [-0.2, -0.15) is 0 Å². The summed E-state index contributed by atoms with van der Waals surface area (Å²) in [5.41, 5.74) is 2.41. The predicted octanol–water partition coefficient (Wildman–Crippen LogP) is 2.64. The van der Waals surface area contributed by atoms with Crippen LogP contribution in [0.1, 0.15) is 29.2 Å². The van der Waals surface area contributed by atoms with Gasteiger partial charge < -0.3 is 9.88 Å². The maximum absolute atomic E-state index is 4.48. The molecular formula is C12H17N3S.